The lowest BCUT2D eigenvalue weighted by atomic mass is 9.96. The van der Waals surface area contributed by atoms with E-state index in [0.717, 1.165) is 5.69 Å². The number of ether oxygens (including phenoxy) is 1. The molecule has 7 heteroatoms. The standard InChI is InChI=1S/C21H23N3O4/c1-21(2)20(27)22-16-7-5-6-8-17(16)24(21)18(25)13-28-19(26)14-9-11-15(12-10-14)23(3)4/h5-12H,13H2,1-4H3,(H,22,27). The van der Waals surface area contributed by atoms with Gasteiger partial charge < -0.3 is 15.0 Å². The fourth-order valence-electron chi connectivity index (χ4n) is 3.07. The molecule has 1 aliphatic rings. The minimum Gasteiger partial charge on any atom is -0.452 e. The first kappa shape index (κ1) is 19.4. The Hall–Kier alpha value is -3.35. The molecule has 0 fully saturated rings. The van der Waals surface area contributed by atoms with Gasteiger partial charge in [0.05, 0.1) is 16.9 Å². The highest BCUT2D eigenvalue weighted by Crippen LogP contribution is 2.36. The van der Waals surface area contributed by atoms with Gasteiger partial charge >= 0.3 is 5.97 Å². The van der Waals surface area contributed by atoms with Crippen molar-refractivity contribution in [1.29, 1.82) is 0 Å². The van der Waals surface area contributed by atoms with Crippen LogP contribution in [-0.2, 0) is 14.3 Å². The molecule has 0 spiro atoms. The molecule has 0 bridgehead atoms. The molecule has 146 valence electrons. The van der Waals surface area contributed by atoms with E-state index in [1.807, 2.05) is 19.0 Å². The average Bonchev–Trinajstić information content (AvgIpc) is 2.66. The summed E-state index contributed by atoms with van der Waals surface area (Å²) < 4.78 is 5.21. The number of benzene rings is 2. The number of nitrogens with one attached hydrogen (secondary N) is 1. The predicted molar refractivity (Wildman–Crippen MR) is 108 cm³/mol. The second kappa shape index (κ2) is 7.34. The summed E-state index contributed by atoms with van der Waals surface area (Å²) >= 11 is 0. The van der Waals surface area contributed by atoms with Crippen molar-refractivity contribution in [3.8, 4) is 0 Å². The monoisotopic (exact) mass is 381 g/mol. The van der Waals surface area contributed by atoms with E-state index in [1.54, 1.807) is 62.4 Å². The lowest BCUT2D eigenvalue weighted by Crippen LogP contribution is -2.59. The fraction of sp³-hybridized carbons (Fsp3) is 0.286. The highest BCUT2D eigenvalue weighted by molar-refractivity contribution is 6.14. The smallest absolute Gasteiger partial charge is 0.338 e. The number of nitrogens with zero attached hydrogens (tertiary/aromatic N) is 2. The number of fused-ring (bicyclic) bond motifs is 1. The van der Waals surface area contributed by atoms with E-state index in [0.29, 0.717) is 16.9 Å². The van der Waals surface area contributed by atoms with Gasteiger partial charge in [0.25, 0.3) is 5.91 Å². The average molecular weight is 381 g/mol. The number of esters is 1. The van der Waals surface area contributed by atoms with Crippen LogP contribution in [0.5, 0.6) is 0 Å². The summed E-state index contributed by atoms with van der Waals surface area (Å²) in [5.41, 5.74) is 1.32. The van der Waals surface area contributed by atoms with Gasteiger partial charge in [-0.15, -0.1) is 0 Å². The number of amides is 2. The second-order valence-electron chi connectivity index (χ2n) is 7.28. The molecular formula is C21H23N3O4. The molecular weight excluding hydrogens is 358 g/mol. The van der Waals surface area contributed by atoms with Crippen molar-refractivity contribution in [2.45, 2.75) is 19.4 Å². The van der Waals surface area contributed by atoms with Crippen molar-refractivity contribution in [3.05, 3.63) is 54.1 Å². The van der Waals surface area contributed by atoms with Crippen LogP contribution in [0.1, 0.15) is 24.2 Å². The molecule has 2 aromatic rings. The highest BCUT2D eigenvalue weighted by atomic mass is 16.5. The van der Waals surface area contributed by atoms with Crippen LogP contribution in [0.15, 0.2) is 48.5 Å². The minimum atomic E-state index is -1.11. The maximum atomic E-state index is 12.9. The van der Waals surface area contributed by atoms with Gasteiger partial charge in [-0.25, -0.2) is 4.79 Å². The van der Waals surface area contributed by atoms with E-state index in [1.165, 1.54) is 4.90 Å². The molecule has 28 heavy (non-hydrogen) atoms. The number of hydrogen-bond donors (Lipinski definition) is 1. The summed E-state index contributed by atoms with van der Waals surface area (Å²) in [5.74, 6) is -1.36. The Morgan fingerprint density at radius 2 is 1.71 bits per heavy atom. The number of rotatable bonds is 4. The Morgan fingerprint density at radius 1 is 1.07 bits per heavy atom. The summed E-state index contributed by atoms with van der Waals surface area (Å²) in [6.45, 7) is 2.84. The normalized spacial score (nSPS) is 14.7. The van der Waals surface area contributed by atoms with Crippen molar-refractivity contribution in [2.75, 3.05) is 35.8 Å². The van der Waals surface area contributed by atoms with Gasteiger partial charge in [0.15, 0.2) is 6.61 Å². The zero-order valence-electron chi connectivity index (χ0n) is 16.4. The topological polar surface area (TPSA) is 79.0 Å². The van der Waals surface area contributed by atoms with Gasteiger partial charge in [0.2, 0.25) is 5.91 Å². The lowest BCUT2D eigenvalue weighted by Gasteiger charge is -2.41. The van der Waals surface area contributed by atoms with E-state index in [9.17, 15) is 14.4 Å². The lowest BCUT2D eigenvalue weighted by molar-refractivity contribution is -0.128. The third kappa shape index (κ3) is 3.55. The quantitative estimate of drug-likeness (QED) is 0.824. The Kier molecular flexibility index (Phi) is 5.09. The minimum absolute atomic E-state index is 0.301. The zero-order chi connectivity index (χ0) is 20.5. The molecule has 0 saturated heterocycles. The molecule has 7 nitrogen and oxygen atoms in total. The van der Waals surface area contributed by atoms with Crippen molar-refractivity contribution in [1.82, 2.24) is 0 Å². The molecule has 0 aromatic heterocycles. The van der Waals surface area contributed by atoms with E-state index in [4.69, 9.17) is 4.74 Å². The van der Waals surface area contributed by atoms with E-state index >= 15 is 0 Å². The summed E-state index contributed by atoms with van der Waals surface area (Å²) in [4.78, 5) is 40.9. The van der Waals surface area contributed by atoms with Crippen LogP contribution < -0.4 is 15.1 Å². The second-order valence-corrected chi connectivity index (χ2v) is 7.28. The SMILES string of the molecule is CN(C)c1ccc(C(=O)OCC(=O)N2c3ccccc3NC(=O)C2(C)C)cc1. The van der Waals surface area contributed by atoms with Crippen LogP contribution in [0.25, 0.3) is 0 Å². The van der Waals surface area contributed by atoms with Gasteiger partial charge in [-0.2, -0.15) is 0 Å². The Morgan fingerprint density at radius 3 is 2.36 bits per heavy atom. The number of carbonyl (C=O) groups excluding carboxylic acids is 3. The summed E-state index contributed by atoms with van der Waals surface area (Å²) in [5, 5.41) is 2.80. The molecule has 2 amide bonds. The molecule has 0 aliphatic carbocycles. The van der Waals surface area contributed by atoms with Crippen molar-refractivity contribution in [3.63, 3.8) is 0 Å². The number of para-hydroxylation sites is 2. The Balaban J connectivity index is 1.75. The van der Waals surface area contributed by atoms with E-state index < -0.39 is 24.0 Å². The van der Waals surface area contributed by atoms with Crippen LogP contribution >= 0.6 is 0 Å². The van der Waals surface area contributed by atoms with Crippen molar-refractivity contribution < 1.29 is 19.1 Å². The Labute approximate surface area is 163 Å². The van der Waals surface area contributed by atoms with Crippen molar-refractivity contribution in [2.24, 2.45) is 0 Å². The molecule has 0 unspecified atom stereocenters. The molecule has 1 N–H and O–H groups in total. The third-order valence-electron chi connectivity index (χ3n) is 4.70. The molecule has 2 aromatic carbocycles. The zero-order valence-corrected chi connectivity index (χ0v) is 16.4. The maximum Gasteiger partial charge on any atom is 0.338 e. The van der Waals surface area contributed by atoms with Gasteiger partial charge in [-0.1, -0.05) is 12.1 Å². The molecule has 3 rings (SSSR count). The Bertz CT molecular complexity index is 920. The van der Waals surface area contributed by atoms with E-state index in [2.05, 4.69) is 5.32 Å². The molecule has 1 aliphatic heterocycles. The maximum absolute atomic E-state index is 12.9. The van der Waals surface area contributed by atoms with E-state index in [-0.39, 0.29) is 5.91 Å². The molecule has 0 radical (unpaired) electrons. The fourth-order valence-corrected chi connectivity index (χ4v) is 3.07. The number of anilines is 3. The van der Waals surface area contributed by atoms with Gasteiger partial charge in [-0.3, -0.25) is 14.5 Å². The summed E-state index contributed by atoms with van der Waals surface area (Å²) in [6.07, 6.45) is 0. The van der Waals surface area contributed by atoms with Crippen LogP contribution in [0.3, 0.4) is 0 Å². The predicted octanol–water partition coefficient (Wildman–Crippen LogP) is 2.67. The number of hydrogen-bond acceptors (Lipinski definition) is 5. The number of carbonyl (C=O) groups is 3. The van der Waals surface area contributed by atoms with Crippen LogP contribution in [0.4, 0.5) is 17.1 Å². The van der Waals surface area contributed by atoms with Crippen molar-refractivity contribution >= 4 is 34.8 Å². The highest BCUT2D eigenvalue weighted by Gasteiger charge is 2.43. The van der Waals surface area contributed by atoms with Crippen LogP contribution in [-0.4, -0.2) is 44.0 Å². The summed E-state index contributed by atoms with van der Waals surface area (Å²) in [6, 6.07) is 13.9. The first-order valence-corrected chi connectivity index (χ1v) is 8.90. The molecule has 0 saturated carbocycles. The first-order chi connectivity index (χ1) is 13.2. The first-order valence-electron chi connectivity index (χ1n) is 8.90. The summed E-state index contributed by atoms with van der Waals surface area (Å²) in [7, 11) is 3.81. The molecule has 1 heterocycles. The van der Waals surface area contributed by atoms with Crippen LogP contribution in [0, 0.1) is 0 Å². The van der Waals surface area contributed by atoms with Gasteiger partial charge in [0.1, 0.15) is 5.54 Å². The third-order valence-corrected chi connectivity index (χ3v) is 4.70. The largest absolute Gasteiger partial charge is 0.452 e. The van der Waals surface area contributed by atoms with Gasteiger partial charge in [0, 0.05) is 19.8 Å². The molecule has 0 atom stereocenters. The van der Waals surface area contributed by atoms with Crippen LogP contribution in [0.2, 0.25) is 0 Å². The van der Waals surface area contributed by atoms with Gasteiger partial charge in [-0.05, 0) is 50.2 Å².